The van der Waals surface area contributed by atoms with Crippen molar-refractivity contribution < 1.29 is 14.6 Å². The Morgan fingerprint density at radius 3 is 2.31 bits per heavy atom. The van der Waals surface area contributed by atoms with Crippen LogP contribution in [0, 0.1) is 0 Å². The first-order chi connectivity index (χ1) is 5.72. The lowest BCUT2D eigenvalue weighted by atomic mass is 10.2. The summed E-state index contributed by atoms with van der Waals surface area (Å²) >= 11 is 0. The van der Waals surface area contributed by atoms with Gasteiger partial charge in [-0.1, -0.05) is 6.58 Å². The fraction of sp³-hybridized carbons (Fsp3) is 0.667. The first-order valence-corrected chi connectivity index (χ1v) is 4.09. The van der Waals surface area contributed by atoms with Crippen LogP contribution >= 0.6 is 0 Å². The van der Waals surface area contributed by atoms with Gasteiger partial charge in [0, 0.05) is 0 Å². The molecule has 4 nitrogen and oxygen atoms in total. The van der Waals surface area contributed by atoms with Crippen LogP contribution in [0.2, 0.25) is 0 Å². The number of hydrogen-bond acceptors (Lipinski definition) is 3. The molecule has 0 bridgehead atoms. The molecule has 0 aromatic rings. The van der Waals surface area contributed by atoms with Gasteiger partial charge in [-0.05, 0) is 27.7 Å². The maximum atomic E-state index is 11.1. The third-order valence-corrected chi connectivity index (χ3v) is 1.23. The Labute approximate surface area is 78.6 Å². The van der Waals surface area contributed by atoms with Gasteiger partial charge in [0.05, 0.1) is 6.04 Å². The minimum Gasteiger partial charge on any atom is -0.511 e. The molecule has 4 heteroatoms. The lowest BCUT2D eigenvalue weighted by molar-refractivity contribution is 0.0506. The molecule has 0 rings (SSSR count). The maximum Gasteiger partial charge on any atom is 0.408 e. The van der Waals surface area contributed by atoms with Gasteiger partial charge in [-0.15, -0.1) is 0 Å². The number of carbonyl (C=O) groups excluding carboxylic acids is 1. The second-order valence-electron chi connectivity index (χ2n) is 3.86. The van der Waals surface area contributed by atoms with Gasteiger partial charge in [0.15, 0.2) is 0 Å². The van der Waals surface area contributed by atoms with Gasteiger partial charge in [0.25, 0.3) is 0 Å². The quantitative estimate of drug-likeness (QED) is 0.650. The van der Waals surface area contributed by atoms with Gasteiger partial charge < -0.3 is 15.2 Å². The Kier molecular flexibility index (Phi) is 3.78. The highest BCUT2D eigenvalue weighted by Gasteiger charge is 2.18. The van der Waals surface area contributed by atoms with Crippen LogP contribution in [0.25, 0.3) is 0 Å². The number of rotatable bonds is 2. The fourth-order valence-electron chi connectivity index (χ4n) is 0.568. The summed E-state index contributed by atoms with van der Waals surface area (Å²) in [5.74, 6) is -0.0918. The Balaban J connectivity index is 3.96. The van der Waals surface area contributed by atoms with Crippen LogP contribution in [0.15, 0.2) is 12.3 Å². The van der Waals surface area contributed by atoms with E-state index in [1.165, 1.54) is 0 Å². The molecule has 2 N–H and O–H groups in total. The predicted octanol–water partition coefficient (Wildman–Crippen LogP) is 1.97. The van der Waals surface area contributed by atoms with Crippen LogP contribution in [0.4, 0.5) is 4.79 Å². The van der Waals surface area contributed by atoms with E-state index in [9.17, 15) is 4.79 Å². The largest absolute Gasteiger partial charge is 0.511 e. The number of amides is 1. The summed E-state index contributed by atoms with van der Waals surface area (Å²) in [6.07, 6.45) is -0.560. The molecule has 1 atom stereocenters. The number of aliphatic hydroxyl groups excluding tert-OH is 1. The van der Waals surface area contributed by atoms with Crippen LogP contribution in [0.3, 0.4) is 0 Å². The molecule has 13 heavy (non-hydrogen) atoms. The number of ether oxygens (including phenoxy) is 1. The molecule has 0 fully saturated rings. The number of alkyl carbamates (subject to hydrolysis) is 1. The third-order valence-electron chi connectivity index (χ3n) is 1.23. The highest BCUT2D eigenvalue weighted by Crippen LogP contribution is 2.07. The van der Waals surface area contributed by atoms with Crippen LogP contribution in [0.5, 0.6) is 0 Å². The zero-order valence-electron chi connectivity index (χ0n) is 8.55. The van der Waals surface area contributed by atoms with Crippen molar-refractivity contribution in [2.45, 2.75) is 39.3 Å². The zero-order chi connectivity index (χ0) is 10.6. The Morgan fingerprint density at radius 2 is 2.00 bits per heavy atom. The van der Waals surface area contributed by atoms with Gasteiger partial charge in [0.2, 0.25) is 0 Å². The van der Waals surface area contributed by atoms with E-state index in [1.54, 1.807) is 27.7 Å². The Bertz CT molecular complexity index is 205. The van der Waals surface area contributed by atoms with Gasteiger partial charge in [-0.25, -0.2) is 4.79 Å². The summed E-state index contributed by atoms with van der Waals surface area (Å²) in [5.41, 5.74) is -0.527. The van der Waals surface area contributed by atoms with E-state index in [4.69, 9.17) is 9.84 Å². The zero-order valence-corrected chi connectivity index (χ0v) is 8.55. The maximum absolute atomic E-state index is 11.1. The van der Waals surface area contributed by atoms with Crippen molar-refractivity contribution in [2.75, 3.05) is 0 Å². The normalized spacial score (nSPS) is 13.2. The summed E-state index contributed by atoms with van der Waals surface area (Å²) in [4.78, 5) is 11.1. The van der Waals surface area contributed by atoms with E-state index >= 15 is 0 Å². The summed E-state index contributed by atoms with van der Waals surface area (Å²) in [7, 11) is 0. The van der Waals surface area contributed by atoms with Gasteiger partial charge in [0.1, 0.15) is 11.4 Å². The van der Waals surface area contributed by atoms with Gasteiger partial charge >= 0.3 is 6.09 Å². The van der Waals surface area contributed by atoms with E-state index in [-0.39, 0.29) is 5.76 Å². The number of nitrogens with one attached hydrogen (secondary N) is 1. The predicted molar refractivity (Wildman–Crippen MR) is 50.6 cm³/mol. The minimum absolute atomic E-state index is 0.0918. The highest BCUT2D eigenvalue weighted by atomic mass is 16.6. The molecule has 0 aliphatic rings. The molecular weight excluding hydrogens is 170 g/mol. The van der Waals surface area contributed by atoms with Crippen molar-refractivity contribution in [1.29, 1.82) is 0 Å². The van der Waals surface area contributed by atoms with Crippen LogP contribution in [0.1, 0.15) is 27.7 Å². The van der Waals surface area contributed by atoms with Crippen LogP contribution < -0.4 is 5.32 Å². The van der Waals surface area contributed by atoms with Crippen molar-refractivity contribution in [3.05, 3.63) is 12.3 Å². The first-order valence-electron chi connectivity index (χ1n) is 4.09. The van der Waals surface area contributed by atoms with Gasteiger partial charge in [-0.3, -0.25) is 0 Å². The molecule has 0 heterocycles. The first kappa shape index (κ1) is 11.8. The van der Waals surface area contributed by atoms with E-state index in [2.05, 4.69) is 11.9 Å². The summed E-state index contributed by atoms with van der Waals surface area (Å²) in [6.45, 7) is 10.2. The summed E-state index contributed by atoms with van der Waals surface area (Å²) in [5, 5.41) is 11.3. The second kappa shape index (κ2) is 4.16. The van der Waals surface area contributed by atoms with E-state index in [1.807, 2.05) is 0 Å². The van der Waals surface area contributed by atoms with E-state index in [0.29, 0.717) is 0 Å². The number of hydrogen-bond donors (Lipinski definition) is 2. The van der Waals surface area contributed by atoms with E-state index in [0.717, 1.165) is 0 Å². The molecule has 0 saturated heterocycles. The van der Waals surface area contributed by atoms with Crippen LogP contribution in [-0.4, -0.2) is 22.8 Å². The topological polar surface area (TPSA) is 58.6 Å². The number of carbonyl (C=O) groups is 1. The molecule has 1 amide bonds. The molecule has 0 radical (unpaired) electrons. The number of aliphatic hydroxyl groups is 1. The molecule has 0 unspecified atom stereocenters. The fourth-order valence-corrected chi connectivity index (χ4v) is 0.568. The van der Waals surface area contributed by atoms with Crippen molar-refractivity contribution >= 4 is 6.09 Å². The molecule has 0 aromatic carbocycles. The van der Waals surface area contributed by atoms with Gasteiger partial charge in [-0.2, -0.15) is 0 Å². The lowest BCUT2D eigenvalue weighted by Gasteiger charge is -2.21. The Hall–Kier alpha value is -1.19. The van der Waals surface area contributed by atoms with Crippen molar-refractivity contribution in [1.82, 2.24) is 5.32 Å². The summed E-state index contributed by atoms with van der Waals surface area (Å²) in [6, 6.07) is -0.491. The highest BCUT2D eigenvalue weighted by molar-refractivity contribution is 5.68. The molecule has 0 spiro atoms. The van der Waals surface area contributed by atoms with E-state index < -0.39 is 17.7 Å². The minimum atomic E-state index is -0.560. The standard InChI is InChI=1S/C9H17NO3/c1-6(7(2)11)10-8(12)13-9(3,4)5/h6,11H,2H2,1,3-5H3,(H,10,12)/t6-/m0/s1. The molecule has 0 aliphatic carbocycles. The second-order valence-corrected chi connectivity index (χ2v) is 3.86. The third kappa shape index (κ3) is 6.02. The molecule has 0 aliphatic heterocycles. The summed E-state index contributed by atoms with van der Waals surface area (Å²) < 4.78 is 4.96. The molecule has 0 aromatic heterocycles. The molecule has 0 saturated carbocycles. The monoisotopic (exact) mass is 187 g/mol. The average Bonchev–Trinajstić information content (AvgIpc) is 1.81. The van der Waals surface area contributed by atoms with Crippen molar-refractivity contribution in [3.8, 4) is 0 Å². The Morgan fingerprint density at radius 1 is 1.54 bits per heavy atom. The van der Waals surface area contributed by atoms with Crippen molar-refractivity contribution in [2.24, 2.45) is 0 Å². The lowest BCUT2D eigenvalue weighted by Crippen LogP contribution is -2.38. The SMILES string of the molecule is C=C(O)[C@H](C)NC(=O)OC(C)(C)C. The average molecular weight is 187 g/mol. The van der Waals surface area contributed by atoms with Crippen molar-refractivity contribution in [3.63, 3.8) is 0 Å². The molecule has 76 valence electrons. The van der Waals surface area contributed by atoms with Crippen LogP contribution in [-0.2, 0) is 4.74 Å². The molecular formula is C9H17NO3. The smallest absolute Gasteiger partial charge is 0.408 e.